The number of benzene rings is 2. The summed E-state index contributed by atoms with van der Waals surface area (Å²) in [5.41, 5.74) is 0. The van der Waals surface area contributed by atoms with Gasteiger partial charge in [0.15, 0.2) is 0 Å². The van der Waals surface area contributed by atoms with E-state index in [0.717, 1.165) is 18.2 Å². The molecule has 0 N–H and O–H groups in total. The number of hydrogen-bond acceptors (Lipinski definition) is 4. The van der Waals surface area contributed by atoms with Gasteiger partial charge in [-0.25, -0.2) is 0 Å². The minimum absolute atomic E-state index is 0.0426. The average molecular weight is 391 g/mol. The van der Waals surface area contributed by atoms with Crippen molar-refractivity contribution in [2.45, 2.75) is 76.0 Å². The van der Waals surface area contributed by atoms with E-state index in [1.165, 1.54) is 44.6 Å². The maximum Gasteiger partial charge on any atom is 0.342 e. The summed E-state index contributed by atoms with van der Waals surface area (Å²) >= 11 is 0. The highest BCUT2D eigenvalue weighted by molar-refractivity contribution is 7.87. The monoisotopic (exact) mass is 390 g/mol. The Labute approximate surface area is 163 Å². The second-order valence-electron chi connectivity index (χ2n) is 6.97. The molecular formula is C22H30O4S. The number of rotatable bonds is 12. The summed E-state index contributed by atoms with van der Waals surface area (Å²) in [6.07, 6.45) is 10.4. The van der Waals surface area contributed by atoms with Crippen LogP contribution in [-0.2, 0) is 19.1 Å². The van der Waals surface area contributed by atoms with Crippen molar-refractivity contribution in [2.24, 2.45) is 0 Å². The van der Waals surface area contributed by atoms with Crippen molar-refractivity contribution < 1.29 is 17.4 Å². The molecule has 0 spiro atoms. The van der Waals surface area contributed by atoms with Crippen LogP contribution in [0.2, 0.25) is 0 Å². The Bertz CT molecular complexity index is 822. The highest BCUT2D eigenvalue weighted by atomic mass is 32.2. The number of hydrogen-bond donors (Lipinski definition) is 0. The summed E-state index contributed by atoms with van der Waals surface area (Å²) in [5.74, 6) is -0.675. The van der Waals surface area contributed by atoms with E-state index in [9.17, 15) is 13.2 Å². The number of unbranched alkanes of at least 4 members (excludes halogenated alkanes) is 8. The van der Waals surface area contributed by atoms with Crippen molar-refractivity contribution in [3.8, 4) is 0 Å². The van der Waals surface area contributed by atoms with Gasteiger partial charge < -0.3 is 4.18 Å². The van der Waals surface area contributed by atoms with E-state index in [1.54, 1.807) is 18.2 Å². The molecule has 0 saturated carbocycles. The van der Waals surface area contributed by atoms with Crippen LogP contribution in [0.4, 0.5) is 0 Å². The van der Waals surface area contributed by atoms with Gasteiger partial charge in [-0.1, -0.05) is 94.7 Å². The minimum atomic E-state index is -4.10. The smallest absolute Gasteiger partial charge is 0.342 e. The average Bonchev–Trinajstić information content (AvgIpc) is 2.66. The number of fused-ring (bicyclic) bond motifs is 1. The lowest BCUT2D eigenvalue weighted by Gasteiger charge is -2.08. The van der Waals surface area contributed by atoms with Gasteiger partial charge in [0.25, 0.3) is 0 Å². The number of carbonyl (C=O) groups excluding carboxylic acids is 1. The zero-order chi connectivity index (χ0) is 19.5. The molecule has 0 aliphatic carbocycles. The van der Waals surface area contributed by atoms with E-state index in [0.29, 0.717) is 11.8 Å². The SMILES string of the molecule is CCCCCCCCCCCC(=O)OS(=O)(=O)c1cccc2ccccc12. The third-order valence-electron chi connectivity index (χ3n) is 4.71. The van der Waals surface area contributed by atoms with Gasteiger partial charge in [-0.2, -0.15) is 8.42 Å². The first-order valence-electron chi connectivity index (χ1n) is 9.99. The van der Waals surface area contributed by atoms with Crippen molar-refractivity contribution in [1.29, 1.82) is 0 Å². The van der Waals surface area contributed by atoms with Crippen LogP contribution in [-0.4, -0.2) is 14.4 Å². The molecule has 0 amide bonds. The normalized spacial score (nSPS) is 11.6. The van der Waals surface area contributed by atoms with Gasteiger partial charge in [0.2, 0.25) is 0 Å². The second kappa shape index (κ2) is 11.1. The first kappa shape index (κ1) is 21.4. The Morgan fingerprint density at radius 1 is 0.815 bits per heavy atom. The fraction of sp³-hybridized carbons (Fsp3) is 0.500. The lowest BCUT2D eigenvalue weighted by molar-refractivity contribution is -0.133. The summed E-state index contributed by atoms with van der Waals surface area (Å²) in [7, 11) is -4.10. The largest absolute Gasteiger partial charge is 0.342 e. The molecule has 148 valence electrons. The summed E-state index contributed by atoms with van der Waals surface area (Å²) in [6.45, 7) is 2.21. The Hall–Kier alpha value is -1.88. The predicted octanol–water partition coefficient (Wildman–Crippen LogP) is 5.99. The van der Waals surface area contributed by atoms with Gasteiger partial charge >= 0.3 is 16.1 Å². The van der Waals surface area contributed by atoms with Crippen LogP contribution >= 0.6 is 0 Å². The van der Waals surface area contributed by atoms with Crippen molar-refractivity contribution in [3.63, 3.8) is 0 Å². The molecular weight excluding hydrogens is 360 g/mol. The Kier molecular flexibility index (Phi) is 8.79. The molecule has 0 aliphatic heterocycles. The molecule has 0 saturated heterocycles. The Balaban J connectivity index is 1.76. The van der Waals surface area contributed by atoms with Gasteiger partial charge in [-0.3, -0.25) is 4.79 Å². The molecule has 0 fully saturated rings. The van der Waals surface area contributed by atoms with Gasteiger partial charge in [-0.05, 0) is 17.9 Å². The molecule has 5 heteroatoms. The highest BCUT2D eigenvalue weighted by Crippen LogP contribution is 2.24. The van der Waals surface area contributed by atoms with Crippen LogP contribution < -0.4 is 0 Å². The van der Waals surface area contributed by atoms with E-state index in [1.807, 2.05) is 18.2 Å². The Morgan fingerprint density at radius 3 is 2.11 bits per heavy atom. The zero-order valence-corrected chi connectivity index (χ0v) is 17.0. The topological polar surface area (TPSA) is 60.4 Å². The second-order valence-corrected chi connectivity index (χ2v) is 8.48. The molecule has 0 atom stereocenters. The quantitative estimate of drug-likeness (QED) is 0.330. The summed E-state index contributed by atoms with van der Waals surface area (Å²) < 4.78 is 29.8. The predicted molar refractivity (Wildman–Crippen MR) is 109 cm³/mol. The van der Waals surface area contributed by atoms with Gasteiger partial charge in [0.05, 0.1) is 0 Å². The summed E-state index contributed by atoms with van der Waals surface area (Å²) in [6, 6.07) is 12.1. The van der Waals surface area contributed by atoms with Crippen LogP contribution in [0.3, 0.4) is 0 Å². The fourth-order valence-corrected chi connectivity index (χ4v) is 4.32. The summed E-state index contributed by atoms with van der Waals surface area (Å²) in [4.78, 5) is 12.0. The maximum absolute atomic E-state index is 12.5. The molecule has 0 bridgehead atoms. The lowest BCUT2D eigenvalue weighted by atomic mass is 10.1. The van der Waals surface area contributed by atoms with Crippen LogP contribution in [0.25, 0.3) is 10.8 Å². The van der Waals surface area contributed by atoms with Crippen LogP contribution in [0.15, 0.2) is 47.4 Å². The number of carbonyl (C=O) groups is 1. The van der Waals surface area contributed by atoms with E-state index in [2.05, 4.69) is 6.92 Å². The first-order valence-corrected chi connectivity index (χ1v) is 11.4. The highest BCUT2D eigenvalue weighted by Gasteiger charge is 2.22. The standard InChI is InChI=1S/C22H30O4S/c1-2-3-4-5-6-7-8-9-10-18-22(23)26-27(24,25)21-17-13-15-19-14-11-12-16-20(19)21/h11-17H,2-10,18H2,1H3. The summed E-state index contributed by atoms with van der Waals surface area (Å²) in [5, 5.41) is 1.37. The van der Waals surface area contributed by atoms with Crippen LogP contribution in [0.5, 0.6) is 0 Å². The van der Waals surface area contributed by atoms with Crippen molar-refractivity contribution >= 4 is 26.9 Å². The minimum Gasteiger partial charge on any atom is -0.342 e. The fourth-order valence-electron chi connectivity index (χ4n) is 3.20. The molecule has 0 aliphatic rings. The molecule has 2 rings (SSSR count). The molecule has 0 unspecified atom stereocenters. The van der Waals surface area contributed by atoms with Crippen molar-refractivity contribution in [1.82, 2.24) is 0 Å². The molecule has 27 heavy (non-hydrogen) atoms. The zero-order valence-electron chi connectivity index (χ0n) is 16.2. The van der Waals surface area contributed by atoms with Gasteiger partial charge in [0.1, 0.15) is 4.90 Å². The molecule has 0 aromatic heterocycles. The lowest BCUT2D eigenvalue weighted by Crippen LogP contribution is -2.13. The Morgan fingerprint density at radius 2 is 1.41 bits per heavy atom. The molecule has 0 radical (unpaired) electrons. The van der Waals surface area contributed by atoms with Crippen LogP contribution in [0, 0.1) is 0 Å². The van der Waals surface area contributed by atoms with Gasteiger partial charge in [-0.15, -0.1) is 0 Å². The maximum atomic E-state index is 12.5. The van der Waals surface area contributed by atoms with E-state index < -0.39 is 16.1 Å². The van der Waals surface area contributed by atoms with E-state index in [4.69, 9.17) is 4.18 Å². The van der Waals surface area contributed by atoms with E-state index in [-0.39, 0.29) is 11.3 Å². The molecule has 2 aromatic carbocycles. The third kappa shape index (κ3) is 6.98. The third-order valence-corrected chi connectivity index (χ3v) is 6.01. The first-order chi connectivity index (χ1) is 13.0. The molecule has 2 aromatic rings. The van der Waals surface area contributed by atoms with Crippen molar-refractivity contribution in [3.05, 3.63) is 42.5 Å². The molecule has 4 nitrogen and oxygen atoms in total. The van der Waals surface area contributed by atoms with Crippen molar-refractivity contribution in [2.75, 3.05) is 0 Å². The van der Waals surface area contributed by atoms with E-state index >= 15 is 0 Å². The molecule has 0 heterocycles. The van der Waals surface area contributed by atoms with Gasteiger partial charge in [0, 0.05) is 11.8 Å². The van der Waals surface area contributed by atoms with Crippen LogP contribution in [0.1, 0.15) is 71.1 Å².